The molecule has 2 aromatic heterocycles. The summed E-state index contributed by atoms with van der Waals surface area (Å²) in [6.07, 6.45) is 8.95. The number of carbonyl (C=O) groups excluding carboxylic acids is 3. The van der Waals surface area contributed by atoms with Gasteiger partial charge in [0.2, 0.25) is 5.91 Å². The fourth-order valence-corrected chi connectivity index (χ4v) is 5.96. The van der Waals surface area contributed by atoms with E-state index in [-0.39, 0.29) is 17.1 Å². The predicted molar refractivity (Wildman–Crippen MR) is 150 cm³/mol. The first-order valence-electron chi connectivity index (χ1n) is 13.1. The van der Waals surface area contributed by atoms with E-state index in [2.05, 4.69) is 29.1 Å². The molecule has 0 saturated heterocycles. The molecule has 3 aliphatic rings. The fraction of sp³-hybridized carbons (Fsp3) is 0.276. The van der Waals surface area contributed by atoms with Gasteiger partial charge in [0.1, 0.15) is 11.7 Å². The van der Waals surface area contributed by atoms with Gasteiger partial charge in [0, 0.05) is 48.7 Å². The predicted octanol–water partition coefficient (Wildman–Crippen LogP) is 3.75. The van der Waals surface area contributed by atoms with Gasteiger partial charge in [-0.2, -0.15) is 0 Å². The number of benzene rings is 1. The van der Waals surface area contributed by atoms with Crippen molar-refractivity contribution < 1.29 is 14.4 Å². The van der Waals surface area contributed by atoms with Crippen LogP contribution < -0.4 is 10.2 Å². The lowest BCUT2D eigenvalue weighted by molar-refractivity contribution is -0.132. The molecule has 0 fully saturated rings. The Kier molecular flexibility index (Phi) is 6.31. The number of aliphatic imine (C=N–C) groups is 1. The first kappa shape index (κ1) is 25.1. The Morgan fingerprint density at radius 3 is 2.67 bits per heavy atom. The number of imide groups is 1. The number of aromatic nitrogens is 2. The molecule has 0 bridgehead atoms. The molecule has 5 heterocycles. The zero-order valence-corrected chi connectivity index (χ0v) is 22.4. The first-order valence-corrected chi connectivity index (χ1v) is 13.5. The highest BCUT2D eigenvalue weighted by molar-refractivity contribution is 6.48. The minimum absolute atomic E-state index is 0.0458. The minimum atomic E-state index is -0.544. The van der Waals surface area contributed by atoms with Crippen molar-refractivity contribution in [3.05, 3.63) is 82.5 Å². The van der Waals surface area contributed by atoms with Gasteiger partial charge in [-0.3, -0.25) is 29.1 Å². The smallest absolute Gasteiger partial charge is 0.261 e. The second-order valence-electron chi connectivity index (χ2n) is 9.79. The van der Waals surface area contributed by atoms with Gasteiger partial charge in [0.15, 0.2) is 0 Å². The number of hydrogen-bond acceptors (Lipinski definition) is 6. The molecule has 198 valence electrons. The van der Waals surface area contributed by atoms with Crippen LogP contribution in [0, 0.1) is 0 Å². The number of amides is 3. The van der Waals surface area contributed by atoms with Crippen LogP contribution in [0.2, 0.25) is 5.02 Å². The Labute approximate surface area is 230 Å². The van der Waals surface area contributed by atoms with Gasteiger partial charge in [-0.1, -0.05) is 31.5 Å². The average Bonchev–Trinajstić information content (AvgIpc) is 3.54. The second kappa shape index (κ2) is 9.81. The maximum absolute atomic E-state index is 13.7. The molecule has 6 rings (SSSR count). The molecular weight excluding hydrogens is 516 g/mol. The van der Waals surface area contributed by atoms with Crippen molar-refractivity contribution in [2.75, 3.05) is 18.0 Å². The summed E-state index contributed by atoms with van der Waals surface area (Å²) >= 11 is 6.59. The molecule has 10 heteroatoms. The Morgan fingerprint density at radius 1 is 1.13 bits per heavy atom. The quantitative estimate of drug-likeness (QED) is 0.458. The molecule has 39 heavy (non-hydrogen) atoms. The van der Waals surface area contributed by atoms with Crippen molar-refractivity contribution in [2.24, 2.45) is 4.99 Å². The summed E-state index contributed by atoms with van der Waals surface area (Å²) in [5, 5.41) is 2.90. The van der Waals surface area contributed by atoms with Crippen LogP contribution in [-0.4, -0.2) is 56.8 Å². The van der Waals surface area contributed by atoms with Crippen molar-refractivity contribution in [3.63, 3.8) is 0 Å². The van der Waals surface area contributed by atoms with E-state index in [9.17, 15) is 14.4 Å². The van der Waals surface area contributed by atoms with Gasteiger partial charge < -0.3 is 9.80 Å². The summed E-state index contributed by atoms with van der Waals surface area (Å²) < 4.78 is 1.76. The third-order valence-corrected chi connectivity index (χ3v) is 7.49. The van der Waals surface area contributed by atoms with Gasteiger partial charge in [-0.15, -0.1) is 0 Å². The fourth-order valence-electron chi connectivity index (χ4n) is 5.72. The molecule has 1 N–H and O–H groups in total. The lowest BCUT2D eigenvalue weighted by atomic mass is 9.94. The molecule has 1 unspecified atom stereocenters. The van der Waals surface area contributed by atoms with Crippen LogP contribution >= 0.6 is 11.6 Å². The zero-order chi connectivity index (χ0) is 27.3. The average molecular weight is 543 g/mol. The summed E-state index contributed by atoms with van der Waals surface area (Å²) in [6.45, 7) is 5.49. The monoisotopic (exact) mass is 542 g/mol. The highest BCUT2D eigenvalue weighted by Crippen LogP contribution is 2.42. The number of nitrogens with zero attached hydrogens (tertiary/aromatic N) is 5. The van der Waals surface area contributed by atoms with Crippen LogP contribution in [0.1, 0.15) is 43.5 Å². The molecule has 3 amide bonds. The molecule has 1 atom stereocenters. The summed E-state index contributed by atoms with van der Waals surface area (Å²) in [4.78, 5) is 53.0. The van der Waals surface area contributed by atoms with Crippen molar-refractivity contribution >= 4 is 51.9 Å². The number of halogens is 1. The number of rotatable bonds is 7. The summed E-state index contributed by atoms with van der Waals surface area (Å²) in [6, 6.07) is 8.66. The van der Waals surface area contributed by atoms with Crippen LogP contribution in [0.5, 0.6) is 0 Å². The Bertz CT molecular complexity index is 1630. The SMILES string of the molecule is CCCN(CCC)C(=O)C1Cc2cc(Cl)cc3c2N1C=CN=C3C1=C(c2cnc3ccccn23)C(=O)NC1=O. The number of pyridine rings is 1. The van der Waals surface area contributed by atoms with E-state index >= 15 is 0 Å². The summed E-state index contributed by atoms with van der Waals surface area (Å²) in [7, 11) is 0. The number of anilines is 1. The molecular formula is C29H27ClN6O3. The number of hydrogen-bond donors (Lipinski definition) is 1. The van der Waals surface area contributed by atoms with Gasteiger partial charge >= 0.3 is 0 Å². The lowest BCUT2D eigenvalue weighted by Gasteiger charge is -2.30. The van der Waals surface area contributed by atoms with Crippen molar-refractivity contribution in [2.45, 2.75) is 39.2 Å². The molecule has 0 saturated carbocycles. The minimum Gasteiger partial charge on any atom is -0.341 e. The third kappa shape index (κ3) is 4.04. The topological polar surface area (TPSA) is 99.4 Å². The standard InChI is InChI=1S/C29H27ClN6O3/c1-3-9-34(10-4-2)29(39)20-14-17-13-18(30)15-19-25(31-8-12-36(20)26(17)19)24-23(27(37)33-28(24)38)21-16-32-22-7-5-6-11-35(21)22/h5-8,11-13,15-16,20H,3-4,9-10,14H2,1-2H3,(H,33,37,38). The van der Waals surface area contributed by atoms with E-state index in [4.69, 9.17) is 11.6 Å². The molecule has 3 aliphatic heterocycles. The molecule has 0 radical (unpaired) electrons. The van der Waals surface area contributed by atoms with E-state index in [0.29, 0.717) is 47.1 Å². The van der Waals surface area contributed by atoms with Gasteiger partial charge in [-0.25, -0.2) is 4.98 Å². The molecule has 0 aliphatic carbocycles. The first-order chi connectivity index (χ1) is 18.9. The van der Waals surface area contributed by atoms with Gasteiger partial charge in [0.25, 0.3) is 11.8 Å². The normalized spacial score (nSPS) is 18.0. The van der Waals surface area contributed by atoms with Crippen LogP contribution in [0.3, 0.4) is 0 Å². The van der Waals surface area contributed by atoms with Crippen LogP contribution in [0.4, 0.5) is 5.69 Å². The Balaban J connectivity index is 1.50. The van der Waals surface area contributed by atoms with Gasteiger partial charge in [-0.05, 0) is 42.7 Å². The van der Waals surface area contributed by atoms with Gasteiger partial charge in [0.05, 0.1) is 34.4 Å². The summed E-state index contributed by atoms with van der Waals surface area (Å²) in [5.41, 5.74) is 4.06. The molecule has 0 spiro atoms. The van der Waals surface area contributed by atoms with E-state index < -0.39 is 17.9 Å². The van der Waals surface area contributed by atoms with Crippen molar-refractivity contribution in [3.8, 4) is 0 Å². The molecule has 1 aromatic carbocycles. The number of nitrogens with one attached hydrogen (secondary N) is 1. The second-order valence-corrected chi connectivity index (χ2v) is 10.2. The van der Waals surface area contributed by atoms with E-state index in [1.54, 1.807) is 35.3 Å². The summed E-state index contributed by atoms with van der Waals surface area (Å²) in [5.74, 6) is -1.02. The molecule has 3 aromatic rings. The number of carbonyl (C=O) groups is 3. The number of imidazole rings is 1. The van der Waals surface area contributed by atoms with Crippen LogP contribution in [0.25, 0.3) is 11.2 Å². The Morgan fingerprint density at radius 2 is 1.90 bits per heavy atom. The van der Waals surface area contributed by atoms with E-state index in [1.165, 1.54) is 0 Å². The van der Waals surface area contributed by atoms with Crippen LogP contribution in [0.15, 0.2) is 65.7 Å². The largest absolute Gasteiger partial charge is 0.341 e. The molecule has 9 nitrogen and oxygen atoms in total. The number of fused-ring (bicyclic) bond motifs is 1. The van der Waals surface area contributed by atoms with Crippen molar-refractivity contribution in [1.82, 2.24) is 19.6 Å². The van der Waals surface area contributed by atoms with E-state index in [0.717, 1.165) is 24.1 Å². The highest BCUT2D eigenvalue weighted by Gasteiger charge is 2.42. The zero-order valence-electron chi connectivity index (χ0n) is 21.6. The third-order valence-electron chi connectivity index (χ3n) is 7.27. The Hall–Kier alpha value is -4.24. The van der Waals surface area contributed by atoms with Crippen molar-refractivity contribution in [1.29, 1.82) is 0 Å². The van der Waals surface area contributed by atoms with E-state index in [1.807, 2.05) is 34.1 Å². The lowest BCUT2D eigenvalue weighted by Crippen LogP contribution is -2.46. The van der Waals surface area contributed by atoms with Crippen LogP contribution in [-0.2, 0) is 20.8 Å². The highest BCUT2D eigenvalue weighted by atomic mass is 35.5. The maximum Gasteiger partial charge on any atom is 0.261 e. The maximum atomic E-state index is 13.7.